The van der Waals surface area contributed by atoms with Crippen LogP contribution < -0.4 is 5.32 Å². The van der Waals surface area contributed by atoms with Crippen molar-refractivity contribution in [2.75, 3.05) is 5.32 Å². The lowest BCUT2D eigenvalue weighted by Crippen LogP contribution is -2.37. The standard InChI is InChI=1S/C21H19ClN2O3S/c1-12(2)24-20(26)18(14-4-8-16(9-5-14)23-13(3)25)19(21(24)27)28-17-10-6-15(22)7-11-17/h4-12H,1-3H3,(H,23,25). The number of nitrogens with one attached hydrogen (secondary N) is 1. The predicted octanol–water partition coefficient (Wildman–Crippen LogP) is 4.58. The highest BCUT2D eigenvalue weighted by atomic mass is 35.5. The highest BCUT2D eigenvalue weighted by molar-refractivity contribution is 8.04. The molecule has 3 rings (SSSR count). The Kier molecular flexibility index (Phi) is 5.91. The van der Waals surface area contributed by atoms with Gasteiger partial charge in [-0.1, -0.05) is 35.5 Å². The zero-order valence-electron chi connectivity index (χ0n) is 15.7. The number of thioether (sulfide) groups is 1. The number of carbonyl (C=O) groups is 3. The van der Waals surface area contributed by atoms with Gasteiger partial charge in [-0.15, -0.1) is 0 Å². The molecule has 144 valence electrons. The van der Waals surface area contributed by atoms with E-state index in [2.05, 4.69) is 5.32 Å². The van der Waals surface area contributed by atoms with Crippen LogP contribution in [0.1, 0.15) is 26.3 Å². The van der Waals surface area contributed by atoms with Gasteiger partial charge in [-0.25, -0.2) is 0 Å². The first kappa shape index (κ1) is 20.2. The van der Waals surface area contributed by atoms with Crippen LogP contribution in [0.5, 0.6) is 0 Å². The number of imide groups is 1. The Morgan fingerprint density at radius 3 is 2.14 bits per heavy atom. The third kappa shape index (κ3) is 4.13. The van der Waals surface area contributed by atoms with Crippen LogP contribution in [0.3, 0.4) is 0 Å². The van der Waals surface area contributed by atoms with Gasteiger partial charge in [0.2, 0.25) is 5.91 Å². The quantitative estimate of drug-likeness (QED) is 0.727. The van der Waals surface area contributed by atoms with E-state index in [1.54, 1.807) is 36.4 Å². The number of amides is 3. The molecule has 2 aromatic rings. The van der Waals surface area contributed by atoms with Crippen LogP contribution >= 0.6 is 23.4 Å². The molecule has 1 aliphatic heterocycles. The monoisotopic (exact) mass is 414 g/mol. The van der Waals surface area contributed by atoms with E-state index in [9.17, 15) is 14.4 Å². The largest absolute Gasteiger partial charge is 0.326 e. The Bertz CT molecular complexity index is 966. The van der Waals surface area contributed by atoms with Crippen molar-refractivity contribution in [2.24, 2.45) is 0 Å². The molecule has 0 aromatic heterocycles. The molecule has 1 heterocycles. The molecule has 0 saturated carbocycles. The molecule has 0 radical (unpaired) electrons. The molecule has 28 heavy (non-hydrogen) atoms. The minimum Gasteiger partial charge on any atom is -0.326 e. The average Bonchev–Trinajstić information content (AvgIpc) is 2.87. The summed E-state index contributed by atoms with van der Waals surface area (Å²) in [6.45, 7) is 5.05. The number of benzene rings is 2. The molecule has 0 aliphatic carbocycles. The maximum Gasteiger partial charge on any atom is 0.268 e. The number of carbonyl (C=O) groups excluding carboxylic acids is 3. The van der Waals surface area contributed by atoms with Crippen LogP contribution in [0.25, 0.3) is 5.57 Å². The summed E-state index contributed by atoms with van der Waals surface area (Å²) in [4.78, 5) is 39.7. The van der Waals surface area contributed by atoms with Crippen LogP contribution in [-0.2, 0) is 14.4 Å². The molecule has 1 aliphatic rings. The number of hydrogen-bond acceptors (Lipinski definition) is 4. The van der Waals surface area contributed by atoms with Crippen LogP contribution in [-0.4, -0.2) is 28.7 Å². The van der Waals surface area contributed by atoms with Crippen LogP contribution in [0, 0.1) is 0 Å². The van der Waals surface area contributed by atoms with Crippen molar-refractivity contribution in [3.63, 3.8) is 0 Å². The fourth-order valence-electron chi connectivity index (χ4n) is 2.89. The fraction of sp³-hybridized carbons (Fsp3) is 0.190. The van der Waals surface area contributed by atoms with Gasteiger partial charge in [0.15, 0.2) is 0 Å². The van der Waals surface area contributed by atoms with Gasteiger partial charge in [0, 0.05) is 28.6 Å². The molecule has 0 fully saturated rings. The highest BCUT2D eigenvalue weighted by Crippen LogP contribution is 2.40. The topological polar surface area (TPSA) is 66.5 Å². The Morgan fingerprint density at radius 1 is 1.00 bits per heavy atom. The van der Waals surface area contributed by atoms with Crippen molar-refractivity contribution >= 4 is 52.3 Å². The van der Waals surface area contributed by atoms with Gasteiger partial charge in [-0.05, 0) is 55.8 Å². The molecule has 0 unspecified atom stereocenters. The number of rotatable bonds is 5. The number of halogens is 1. The lowest BCUT2D eigenvalue weighted by Gasteiger charge is -2.19. The number of nitrogens with zero attached hydrogens (tertiary/aromatic N) is 1. The highest BCUT2D eigenvalue weighted by Gasteiger charge is 2.40. The Balaban J connectivity index is 2.03. The van der Waals surface area contributed by atoms with Gasteiger partial charge in [0.1, 0.15) is 0 Å². The zero-order chi connectivity index (χ0) is 20.4. The van der Waals surface area contributed by atoms with Crippen molar-refractivity contribution < 1.29 is 14.4 Å². The second-order valence-electron chi connectivity index (χ2n) is 6.59. The first-order chi connectivity index (χ1) is 13.3. The van der Waals surface area contributed by atoms with Crippen molar-refractivity contribution in [1.29, 1.82) is 0 Å². The average molecular weight is 415 g/mol. The molecule has 2 aromatic carbocycles. The maximum atomic E-state index is 13.0. The minimum atomic E-state index is -0.316. The summed E-state index contributed by atoms with van der Waals surface area (Å²) >= 11 is 7.19. The van der Waals surface area contributed by atoms with Gasteiger partial charge < -0.3 is 5.32 Å². The Hall–Kier alpha value is -2.57. The summed E-state index contributed by atoms with van der Waals surface area (Å²) in [6.07, 6.45) is 0. The van der Waals surface area contributed by atoms with E-state index in [-0.39, 0.29) is 23.8 Å². The summed E-state index contributed by atoms with van der Waals surface area (Å²) in [6, 6.07) is 13.8. The molecule has 0 bridgehead atoms. The predicted molar refractivity (Wildman–Crippen MR) is 112 cm³/mol. The molecule has 7 heteroatoms. The summed E-state index contributed by atoms with van der Waals surface area (Å²) in [5.74, 6) is -0.798. The SMILES string of the molecule is CC(=O)Nc1ccc(C2=C(Sc3ccc(Cl)cc3)C(=O)N(C(C)C)C2=O)cc1. The molecule has 0 saturated heterocycles. The van der Waals surface area contributed by atoms with Crippen LogP contribution in [0.2, 0.25) is 5.02 Å². The molecule has 3 amide bonds. The van der Waals surface area contributed by atoms with Crippen LogP contribution in [0.15, 0.2) is 58.3 Å². The minimum absolute atomic E-state index is 0.177. The van der Waals surface area contributed by atoms with E-state index in [1.807, 2.05) is 26.0 Å². The molecular formula is C21H19ClN2O3S. The van der Waals surface area contributed by atoms with Gasteiger partial charge in [0.05, 0.1) is 10.5 Å². The van der Waals surface area contributed by atoms with Gasteiger partial charge in [-0.2, -0.15) is 0 Å². The Morgan fingerprint density at radius 2 is 1.61 bits per heavy atom. The summed E-state index contributed by atoms with van der Waals surface area (Å²) in [5, 5.41) is 3.29. The van der Waals surface area contributed by atoms with Gasteiger partial charge >= 0.3 is 0 Å². The molecule has 5 nitrogen and oxygen atoms in total. The fourth-order valence-corrected chi connectivity index (χ4v) is 4.02. The summed E-state index contributed by atoms with van der Waals surface area (Å²) in [7, 11) is 0. The van der Waals surface area contributed by atoms with Crippen LogP contribution in [0.4, 0.5) is 5.69 Å². The van der Waals surface area contributed by atoms with Crippen molar-refractivity contribution in [3.8, 4) is 0 Å². The maximum absolute atomic E-state index is 13.0. The zero-order valence-corrected chi connectivity index (χ0v) is 17.2. The van der Waals surface area contributed by atoms with E-state index in [0.717, 1.165) is 4.90 Å². The lowest BCUT2D eigenvalue weighted by atomic mass is 10.1. The molecular weight excluding hydrogens is 396 g/mol. The first-order valence-electron chi connectivity index (χ1n) is 8.71. The molecule has 1 N–H and O–H groups in total. The van der Waals surface area contributed by atoms with Crippen molar-refractivity contribution in [3.05, 3.63) is 64.0 Å². The van der Waals surface area contributed by atoms with E-state index >= 15 is 0 Å². The molecule has 0 atom stereocenters. The van der Waals surface area contributed by atoms with E-state index in [1.165, 1.54) is 23.6 Å². The second kappa shape index (κ2) is 8.20. The van der Waals surface area contributed by atoms with E-state index < -0.39 is 0 Å². The lowest BCUT2D eigenvalue weighted by molar-refractivity contribution is -0.138. The summed E-state index contributed by atoms with van der Waals surface area (Å²) in [5.41, 5.74) is 1.63. The Labute approximate surface area is 172 Å². The normalized spacial score (nSPS) is 14.2. The number of anilines is 1. The number of hydrogen-bond donors (Lipinski definition) is 1. The second-order valence-corrected chi connectivity index (χ2v) is 8.11. The van der Waals surface area contributed by atoms with E-state index in [0.29, 0.717) is 26.8 Å². The summed E-state index contributed by atoms with van der Waals surface area (Å²) < 4.78 is 0. The van der Waals surface area contributed by atoms with Gasteiger partial charge in [0.25, 0.3) is 11.8 Å². The van der Waals surface area contributed by atoms with Gasteiger partial charge in [-0.3, -0.25) is 19.3 Å². The van der Waals surface area contributed by atoms with Crippen molar-refractivity contribution in [1.82, 2.24) is 4.90 Å². The van der Waals surface area contributed by atoms with E-state index in [4.69, 9.17) is 11.6 Å². The van der Waals surface area contributed by atoms with Crippen molar-refractivity contribution in [2.45, 2.75) is 31.7 Å². The third-order valence-electron chi connectivity index (χ3n) is 4.12. The molecule has 0 spiro atoms. The first-order valence-corrected chi connectivity index (χ1v) is 9.91. The smallest absolute Gasteiger partial charge is 0.268 e. The third-order valence-corrected chi connectivity index (χ3v) is 5.46.